The number of para-hydroxylation sites is 1. The van der Waals surface area contributed by atoms with Gasteiger partial charge in [-0.2, -0.15) is 4.52 Å². The van der Waals surface area contributed by atoms with Crippen LogP contribution in [0.25, 0.3) is 31.8 Å². The van der Waals surface area contributed by atoms with E-state index in [0.29, 0.717) is 27.0 Å². The van der Waals surface area contributed by atoms with E-state index in [9.17, 15) is 4.79 Å². The van der Waals surface area contributed by atoms with Crippen molar-refractivity contribution in [3.05, 3.63) is 94.2 Å². The lowest BCUT2D eigenvalue weighted by Gasteiger charge is -2.09. The summed E-state index contributed by atoms with van der Waals surface area (Å²) >= 11 is 7.46. The van der Waals surface area contributed by atoms with Gasteiger partial charge in [0.1, 0.15) is 4.70 Å². The van der Waals surface area contributed by atoms with Gasteiger partial charge >= 0.3 is 0 Å². The van der Waals surface area contributed by atoms with Gasteiger partial charge < -0.3 is 5.32 Å². The summed E-state index contributed by atoms with van der Waals surface area (Å²) in [5, 5.41) is 9.50. The van der Waals surface area contributed by atoms with Gasteiger partial charge in [-0.25, -0.2) is 9.55 Å². The molecule has 0 saturated heterocycles. The Morgan fingerprint density at radius 2 is 1.65 bits per heavy atom. The molecule has 6 nitrogen and oxygen atoms in total. The Morgan fingerprint density at radius 3 is 2.45 bits per heavy atom. The van der Waals surface area contributed by atoms with Crippen molar-refractivity contribution < 1.29 is 0 Å². The number of anilines is 2. The summed E-state index contributed by atoms with van der Waals surface area (Å²) in [6, 6.07) is 25.0. The predicted molar refractivity (Wildman–Crippen MR) is 126 cm³/mol. The Balaban J connectivity index is 1.67. The number of thiophene rings is 1. The Labute approximate surface area is 185 Å². The van der Waals surface area contributed by atoms with Crippen LogP contribution in [-0.4, -0.2) is 19.2 Å². The zero-order valence-electron chi connectivity index (χ0n) is 16.0. The highest BCUT2D eigenvalue weighted by Gasteiger charge is 2.20. The van der Waals surface area contributed by atoms with Crippen LogP contribution in [0.4, 0.5) is 11.6 Å². The molecular weight excluding hydrogens is 430 g/mol. The fourth-order valence-corrected chi connectivity index (χ4v) is 4.84. The smallest absolute Gasteiger partial charge is 0.293 e. The summed E-state index contributed by atoms with van der Waals surface area (Å²) in [6.45, 7) is 0. The third-order valence-electron chi connectivity index (χ3n) is 5.08. The Bertz CT molecular complexity index is 1630. The van der Waals surface area contributed by atoms with Crippen LogP contribution in [0, 0.1) is 0 Å². The quantitative estimate of drug-likeness (QED) is 0.384. The van der Waals surface area contributed by atoms with Crippen LogP contribution in [0.3, 0.4) is 0 Å². The van der Waals surface area contributed by atoms with Gasteiger partial charge in [-0.15, -0.1) is 16.4 Å². The molecule has 0 amide bonds. The summed E-state index contributed by atoms with van der Waals surface area (Å²) in [4.78, 5) is 18.3. The second kappa shape index (κ2) is 6.94. The van der Waals surface area contributed by atoms with E-state index in [1.807, 2.05) is 71.3 Å². The van der Waals surface area contributed by atoms with Gasteiger partial charge in [-0.1, -0.05) is 48.0 Å². The predicted octanol–water partition coefficient (Wildman–Crippen LogP) is 5.65. The topological polar surface area (TPSA) is 64.2 Å². The van der Waals surface area contributed by atoms with Crippen LogP contribution >= 0.6 is 22.9 Å². The molecule has 1 N–H and O–H groups in total. The van der Waals surface area contributed by atoms with Crippen LogP contribution in [0.15, 0.2) is 83.7 Å². The van der Waals surface area contributed by atoms with E-state index in [4.69, 9.17) is 16.6 Å². The maximum absolute atomic E-state index is 13.4. The molecule has 0 saturated carbocycles. The monoisotopic (exact) mass is 443 g/mol. The summed E-state index contributed by atoms with van der Waals surface area (Å²) in [7, 11) is 0. The van der Waals surface area contributed by atoms with Crippen molar-refractivity contribution in [1.82, 2.24) is 19.2 Å². The van der Waals surface area contributed by atoms with E-state index in [1.165, 1.54) is 15.9 Å². The standard InChI is InChI=1S/C23H14ClN5OS/c24-14-10-12-15(13-11-14)25-22-27-29-21(30)20-19(17-8-4-5-9-18(17)31-20)26-23(29)28(22)16-6-2-1-3-7-16/h1-13H,(H,25,27). The molecule has 0 radical (unpaired) electrons. The van der Waals surface area contributed by atoms with Gasteiger partial charge in [-0.3, -0.25) is 4.79 Å². The lowest BCUT2D eigenvalue weighted by atomic mass is 10.2. The summed E-state index contributed by atoms with van der Waals surface area (Å²) < 4.78 is 4.83. The minimum Gasteiger partial charge on any atom is -0.324 e. The molecule has 0 spiro atoms. The normalized spacial score (nSPS) is 11.5. The Hall–Kier alpha value is -3.68. The number of nitrogens with one attached hydrogen (secondary N) is 1. The zero-order chi connectivity index (χ0) is 20.9. The Kier molecular flexibility index (Phi) is 4.05. The lowest BCUT2D eigenvalue weighted by molar-refractivity contribution is 0.920. The molecule has 6 aromatic rings. The third-order valence-corrected chi connectivity index (χ3v) is 6.48. The van der Waals surface area contributed by atoms with Crippen LogP contribution in [0.1, 0.15) is 0 Å². The van der Waals surface area contributed by atoms with Gasteiger partial charge in [0.2, 0.25) is 11.7 Å². The van der Waals surface area contributed by atoms with Gasteiger partial charge in [0.15, 0.2) is 0 Å². The molecule has 150 valence electrons. The first-order valence-corrected chi connectivity index (χ1v) is 10.8. The van der Waals surface area contributed by atoms with Gasteiger partial charge in [0.25, 0.3) is 5.56 Å². The molecule has 0 aliphatic rings. The molecule has 0 fully saturated rings. The van der Waals surface area contributed by atoms with E-state index in [0.717, 1.165) is 21.5 Å². The number of nitrogens with zero attached hydrogens (tertiary/aromatic N) is 4. The highest BCUT2D eigenvalue weighted by atomic mass is 35.5. The number of fused-ring (bicyclic) bond motifs is 4. The molecule has 3 heterocycles. The maximum Gasteiger partial charge on any atom is 0.293 e. The van der Waals surface area contributed by atoms with E-state index in [1.54, 1.807) is 12.1 Å². The average Bonchev–Trinajstić information content (AvgIpc) is 3.35. The number of rotatable bonds is 3. The number of hydrogen-bond acceptors (Lipinski definition) is 5. The number of aromatic nitrogens is 4. The lowest BCUT2D eigenvalue weighted by Crippen LogP contribution is -2.15. The minimum atomic E-state index is -0.185. The van der Waals surface area contributed by atoms with Crippen molar-refractivity contribution in [3.8, 4) is 5.69 Å². The van der Waals surface area contributed by atoms with E-state index in [-0.39, 0.29) is 5.56 Å². The minimum absolute atomic E-state index is 0.185. The first kappa shape index (κ1) is 18.1. The molecule has 0 atom stereocenters. The maximum atomic E-state index is 13.4. The molecule has 0 unspecified atom stereocenters. The van der Waals surface area contributed by atoms with E-state index < -0.39 is 0 Å². The molecule has 0 bridgehead atoms. The highest BCUT2D eigenvalue weighted by Crippen LogP contribution is 2.31. The first-order chi connectivity index (χ1) is 15.2. The van der Waals surface area contributed by atoms with E-state index >= 15 is 0 Å². The number of benzene rings is 3. The largest absolute Gasteiger partial charge is 0.324 e. The number of hydrogen-bond donors (Lipinski definition) is 1. The second-order valence-corrected chi connectivity index (χ2v) is 8.52. The molecule has 0 aliphatic heterocycles. The summed E-state index contributed by atoms with van der Waals surface area (Å²) in [5.74, 6) is 0.934. The van der Waals surface area contributed by atoms with Gasteiger partial charge in [0.05, 0.1) is 11.2 Å². The summed E-state index contributed by atoms with van der Waals surface area (Å²) in [6.07, 6.45) is 0. The first-order valence-electron chi connectivity index (χ1n) is 9.60. The molecule has 31 heavy (non-hydrogen) atoms. The number of halogens is 1. The van der Waals surface area contributed by atoms with Crippen molar-refractivity contribution >= 4 is 60.7 Å². The molecule has 8 heteroatoms. The molecule has 3 aromatic carbocycles. The highest BCUT2D eigenvalue weighted by molar-refractivity contribution is 7.25. The fraction of sp³-hybridized carbons (Fsp3) is 0. The van der Waals surface area contributed by atoms with Gasteiger partial charge in [-0.05, 0) is 42.5 Å². The average molecular weight is 444 g/mol. The van der Waals surface area contributed by atoms with Crippen LogP contribution in [-0.2, 0) is 0 Å². The molecular formula is C23H14ClN5OS. The SMILES string of the molecule is O=c1c2sc3ccccc3c2nc2n(-c3ccccc3)c(Nc3ccc(Cl)cc3)nn12. The van der Waals surface area contributed by atoms with Crippen molar-refractivity contribution in [3.63, 3.8) is 0 Å². The van der Waals surface area contributed by atoms with Crippen molar-refractivity contribution in [1.29, 1.82) is 0 Å². The van der Waals surface area contributed by atoms with Crippen LogP contribution in [0.5, 0.6) is 0 Å². The fourth-order valence-electron chi connectivity index (χ4n) is 3.65. The molecule has 3 aromatic heterocycles. The van der Waals surface area contributed by atoms with Crippen molar-refractivity contribution in [2.24, 2.45) is 0 Å². The third kappa shape index (κ3) is 2.90. The summed E-state index contributed by atoms with van der Waals surface area (Å²) in [5.41, 5.74) is 2.16. The van der Waals surface area contributed by atoms with Crippen molar-refractivity contribution in [2.75, 3.05) is 5.32 Å². The van der Waals surface area contributed by atoms with E-state index in [2.05, 4.69) is 10.4 Å². The second-order valence-electron chi connectivity index (χ2n) is 7.03. The molecule has 0 aliphatic carbocycles. The van der Waals surface area contributed by atoms with Crippen molar-refractivity contribution in [2.45, 2.75) is 0 Å². The Morgan fingerprint density at radius 1 is 0.903 bits per heavy atom. The van der Waals surface area contributed by atoms with Crippen LogP contribution < -0.4 is 10.9 Å². The molecule has 6 rings (SSSR count). The van der Waals surface area contributed by atoms with Gasteiger partial charge in [0, 0.05) is 20.8 Å². The van der Waals surface area contributed by atoms with Crippen LogP contribution in [0.2, 0.25) is 5.02 Å². The zero-order valence-corrected chi connectivity index (χ0v) is 17.6.